The fourth-order valence-electron chi connectivity index (χ4n) is 2.41. The number of nitrogens with two attached hydrogens (primary N) is 1. The van der Waals surface area contributed by atoms with Gasteiger partial charge in [0.25, 0.3) is 5.69 Å². The van der Waals surface area contributed by atoms with Crippen molar-refractivity contribution in [3.63, 3.8) is 0 Å². The molecular weight excluding hydrogens is 260 g/mol. The van der Waals surface area contributed by atoms with Crippen molar-refractivity contribution in [2.45, 2.75) is 12.8 Å². The summed E-state index contributed by atoms with van der Waals surface area (Å²) in [6.45, 7) is 1.23. The largest absolute Gasteiger partial charge is 0.371 e. The van der Waals surface area contributed by atoms with Crippen LogP contribution in [0.2, 0.25) is 0 Å². The van der Waals surface area contributed by atoms with Crippen LogP contribution in [0.1, 0.15) is 18.4 Å². The molecule has 2 rings (SSSR count). The molecule has 104 valence electrons. The molecule has 1 unspecified atom stereocenters. The summed E-state index contributed by atoms with van der Waals surface area (Å²) in [6.07, 6.45) is 1.58. The first-order valence-electron chi connectivity index (χ1n) is 6.25. The lowest BCUT2D eigenvalue weighted by Gasteiger charge is -2.33. The highest BCUT2D eigenvalue weighted by molar-refractivity contribution is 5.77. The molecule has 1 heterocycles. The lowest BCUT2D eigenvalue weighted by molar-refractivity contribution is -0.385. The molecular formula is C13H14N4O3. The van der Waals surface area contributed by atoms with Crippen LogP contribution >= 0.6 is 0 Å². The van der Waals surface area contributed by atoms with Crippen molar-refractivity contribution in [2.24, 2.45) is 11.7 Å². The number of nitrogens with zero attached hydrogens (tertiary/aromatic N) is 3. The molecule has 1 saturated heterocycles. The van der Waals surface area contributed by atoms with Gasteiger partial charge in [0.1, 0.15) is 11.6 Å². The average Bonchev–Trinajstić information content (AvgIpc) is 2.46. The first-order chi connectivity index (χ1) is 9.52. The molecule has 0 bridgehead atoms. The Morgan fingerprint density at radius 2 is 2.30 bits per heavy atom. The van der Waals surface area contributed by atoms with Crippen LogP contribution in [0.3, 0.4) is 0 Å². The summed E-state index contributed by atoms with van der Waals surface area (Å²) in [5, 5.41) is 19.8. The maximum absolute atomic E-state index is 11.3. The van der Waals surface area contributed by atoms with Crippen molar-refractivity contribution >= 4 is 17.3 Å². The molecule has 0 aromatic heterocycles. The van der Waals surface area contributed by atoms with Gasteiger partial charge in [-0.3, -0.25) is 14.9 Å². The Kier molecular flexibility index (Phi) is 3.84. The molecule has 20 heavy (non-hydrogen) atoms. The SMILES string of the molecule is N#Cc1cc(N2CCCC(C(N)=O)C2)ccc1[N+](=O)[O-]. The van der Waals surface area contributed by atoms with Crippen molar-refractivity contribution in [1.29, 1.82) is 5.26 Å². The summed E-state index contributed by atoms with van der Waals surface area (Å²) < 4.78 is 0. The molecule has 0 spiro atoms. The Morgan fingerprint density at radius 1 is 1.55 bits per heavy atom. The molecule has 7 nitrogen and oxygen atoms in total. The number of anilines is 1. The fourth-order valence-corrected chi connectivity index (χ4v) is 2.41. The van der Waals surface area contributed by atoms with Gasteiger partial charge in [-0.1, -0.05) is 0 Å². The highest BCUT2D eigenvalue weighted by Gasteiger charge is 2.25. The van der Waals surface area contributed by atoms with E-state index in [1.165, 1.54) is 12.1 Å². The van der Waals surface area contributed by atoms with E-state index in [0.29, 0.717) is 12.2 Å². The summed E-state index contributed by atoms with van der Waals surface area (Å²) in [5.74, 6) is -0.554. The second-order valence-electron chi connectivity index (χ2n) is 4.76. The normalized spacial score (nSPS) is 18.4. The van der Waals surface area contributed by atoms with Gasteiger partial charge in [-0.05, 0) is 25.0 Å². The third-order valence-corrected chi connectivity index (χ3v) is 3.49. The Labute approximate surface area is 115 Å². The lowest BCUT2D eigenvalue weighted by atomic mass is 9.97. The highest BCUT2D eigenvalue weighted by Crippen LogP contribution is 2.27. The van der Waals surface area contributed by atoms with Crippen molar-refractivity contribution in [3.05, 3.63) is 33.9 Å². The van der Waals surface area contributed by atoms with Gasteiger partial charge in [-0.2, -0.15) is 5.26 Å². The van der Waals surface area contributed by atoms with E-state index in [0.717, 1.165) is 19.4 Å². The zero-order valence-electron chi connectivity index (χ0n) is 10.8. The molecule has 0 radical (unpaired) electrons. The predicted molar refractivity (Wildman–Crippen MR) is 71.9 cm³/mol. The minimum Gasteiger partial charge on any atom is -0.371 e. The average molecular weight is 274 g/mol. The number of carbonyl (C=O) groups is 1. The minimum absolute atomic E-state index is 0.0219. The van der Waals surface area contributed by atoms with Gasteiger partial charge in [-0.25, -0.2) is 0 Å². The third kappa shape index (κ3) is 2.69. The Morgan fingerprint density at radius 3 is 2.90 bits per heavy atom. The first-order valence-corrected chi connectivity index (χ1v) is 6.25. The molecule has 0 aliphatic carbocycles. The van der Waals surface area contributed by atoms with Crippen LogP contribution in [0.4, 0.5) is 11.4 Å². The summed E-state index contributed by atoms with van der Waals surface area (Å²) in [7, 11) is 0. The van der Waals surface area contributed by atoms with Crippen molar-refractivity contribution in [3.8, 4) is 6.07 Å². The maximum Gasteiger partial charge on any atom is 0.287 e. The van der Waals surface area contributed by atoms with Crippen LogP contribution in [0.25, 0.3) is 0 Å². The van der Waals surface area contributed by atoms with Crippen LogP contribution < -0.4 is 10.6 Å². The van der Waals surface area contributed by atoms with E-state index in [2.05, 4.69) is 0 Å². The zero-order chi connectivity index (χ0) is 14.7. The molecule has 1 aliphatic heterocycles. The van der Waals surface area contributed by atoms with Gasteiger partial charge in [-0.15, -0.1) is 0 Å². The third-order valence-electron chi connectivity index (χ3n) is 3.49. The number of rotatable bonds is 3. The number of nitro groups is 1. The minimum atomic E-state index is -0.579. The number of nitro benzene ring substituents is 1. The fraction of sp³-hybridized carbons (Fsp3) is 0.385. The van der Waals surface area contributed by atoms with Crippen LogP contribution in [-0.4, -0.2) is 23.9 Å². The van der Waals surface area contributed by atoms with E-state index in [-0.39, 0.29) is 23.1 Å². The van der Waals surface area contributed by atoms with Crippen molar-refractivity contribution in [2.75, 3.05) is 18.0 Å². The van der Waals surface area contributed by atoms with E-state index in [1.807, 2.05) is 11.0 Å². The molecule has 1 amide bonds. The Balaban J connectivity index is 2.27. The maximum atomic E-state index is 11.3. The molecule has 1 aromatic carbocycles. The number of piperidine rings is 1. The summed E-state index contributed by atoms with van der Waals surface area (Å²) in [4.78, 5) is 23.4. The number of amides is 1. The molecule has 7 heteroatoms. The van der Waals surface area contributed by atoms with Gasteiger partial charge in [0.05, 0.1) is 10.8 Å². The summed E-state index contributed by atoms with van der Waals surface area (Å²) in [5.41, 5.74) is 5.84. The second-order valence-corrected chi connectivity index (χ2v) is 4.76. The van der Waals surface area contributed by atoms with E-state index < -0.39 is 4.92 Å². The number of hydrogen-bond acceptors (Lipinski definition) is 5. The number of benzene rings is 1. The van der Waals surface area contributed by atoms with Crippen LogP contribution in [0.15, 0.2) is 18.2 Å². The van der Waals surface area contributed by atoms with Gasteiger partial charge >= 0.3 is 0 Å². The van der Waals surface area contributed by atoms with E-state index >= 15 is 0 Å². The second kappa shape index (κ2) is 5.57. The van der Waals surface area contributed by atoms with Crippen molar-refractivity contribution < 1.29 is 9.72 Å². The topological polar surface area (TPSA) is 113 Å². The standard InChI is InChI=1S/C13H14N4O3/c14-7-10-6-11(3-4-12(10)17(19)20)16-5-1-2-9(8-16)13(15)18/h3-4,6,9H,1-2,5,8H2,(H2,15,18). The Hall–Kier alpha value is -2.62. The molecule has 1 aliphatic rings. The quantitative estimate of drug-likeness (QED) is 0.656. The molecule has 2 N–H and O–H groups in total. The molecule has 1 aromatic rings. The first kappa shape index (κ1) is 13.8. The van der Waals surface area contributed by atoms with E-state index in [4.69, 9.17) is 11.0 Å². The predicted octanol–water partition coefficient (Wildman–Crippen LogP) is 1.17. The van der Waals surface area contributed by atoms with Gasteiger partial charge in [0, 0.05) is 24.8 Å². The summed E-state index contributed by atoms with van der Waals surface area (Å²) in [6, 6.07) is 6.24. The number of nitriles is 1. The zero-order valence-corrected chi connectivity index (χ0v) is 10.8. The van der Waals surface area contributed by atoms with Crippen LogP contribution in [0, 0.1) is 27.4 Å². The van der Waals surface area contributed by atoms with E-state index in [1.54, 1.807) is 6.07 Å². The highest BCUT2D eigenvalue weighted by atomic mass is 16.6. The smallest absolute Gasteiger partial charge is 0.287 e. The lowest BCUT2D eigenvalue weighted by Crippen LogP contribution is -2.41. The van der Waals surface area contributed by atoms with Gasteiger partial charge in [0.2, 0.25) is 5.91 Å². The monoisotopic (exact) mass is 274 g/mol. The van der Waals surface area contributed by atoms with Crippen LogP contribution in [-0.2, 0) is 4.79 Å². The van der Waals surface area contributed by atoms with E-state index in [9.17, 15) is 14.9 Å². The van der Waals surface area contributed by atoms with Gasteiger partial charge in [0.15, 0.2) is 0 Å². The summed E-state index contributed by atoms with van der Waals surface area (Å²) >= 11 is 0. The molecule has 1 atom stereocenters. The van der Waals surface area contributed by atoms with Gasteiger partial charge < -0.3 is 10.6 Å². The number of primary amides is 1. The molecule has 0 saturated carbocycles. The molecule has 1 fully saturated rings. The number of carbonyl (C=O) groups excluding carboxylic acids is 1. The number of hydrogen-bond donors (Lipinski definition) is 1. The van der Waals surface area contributed by atoms with Crippen LogP contribution in [0.5, 0.6) is 0 Å². The Bertz CT molecular complexity index is 594. The van der Waals surface area contributed by atoms with Crippen molar-refractivity contribution in [1.82, 2.24) is 0 Å².